The fourth-order valence-corrected chi connectivity index (χ4v) is 2.28. The minimum Gasteiger partial charge on any atom is -0.390 e. The van der Waals surface area contributed by atoms with Gasteiger partial charge in [-0.05, 0) is 40.0 Å². The van der Waals surface area contributed by atoms with Gasteiger partial charge in [0.05, 0.1) is 17.8 Å². The van der Waals surface area contributed by atoms with Gasteiger partial charge in [-0.2, -0.15) is 0 Å². The van der Waals surface area contributed by atoms with Gasteiger partial charge in [-0.1, -0.05) is 0 Å². The maximum absolute atomic E-state index is 10.0. The van der Waals surface area contributed by atoms with Crippen LogP contribution in [0.25, 0.3) is 0 Å². The van der Waals surface area contributed by atoms with E-state index in [1.807, 2.05) is 13.8 Å². The van der Waals surface area contributed by atoms with Crippen molar-refractivity contribution in [1.82, 2.24) is 0 Å². The van der Waals surface area contributed by atoms with Crippen molar-refractivity contribution in [2.45, 2.75) is 45.3 Å². The zero-order valence-electron chi connectivity index (χ0n) is 9.58. The van der Waals surface area contributed by atoms with Crippen LogP contribution in [-0.2, 0) is 4.74 Å². The zero-order chi connectivity index (χ0) is 11.0. The number of ether oxygens (including phenoxy) is 1. The van der Waals surface area contributed by atoms with Gasteiger partial charge in [0.25, 0.3) is 0 Å². The SMILES string of the molecule is CC(C)(O)C1CCOC[C@H]1C(C)(C)O. The van der Waals surface area contributed by atoms with Crippen molar-refractivity contribution >= 4 is 0 Å². The van der Waals surface area contributed by atoms with Crippen LogP contribution in [0.3, 0.4) is 0 Å². The second kappa shape index (κ2) is 3.80. The molecule has 0 aromatic heterocycles. The molecule has 1 unspecified atom stereocenters. The molecule has 1 fully saturated rings. The lowest BCUT2D eigenvalue weighted by molar-refractivity contribution is -0.140. The predicted molar refractivity (Wildman–Crippen MR) is 55.0 cm³/mol. The van der Waals surface area contributed by atoms with E-state index in [4.69, 9.17) is 4.74 Å². The van der Waals surface area contributed by atoms with Crippen LogP contribution in [0.1, 0.15) is 34.1 Å². The molecule has 0 radical (unpaired) electrons. The Morgan fingerprint density at radius 1 is 1.00 bits per heavy atom. The maximum Gasteiger partial charge on any atom is 0.0645 e. The first-order valence-electron chi connectivity index (χ1n) is 5.25. The van der Waals surface area contributed by atoms with Gasteiger partial charge in [0.2, 0.25) is 0 Å². The van der Waals surface area contributed by atoms with Crippen LogP contribution in [0, 0.1) is 11.8 Å². The Balaban J connectivity index is 2.80. The number of hydrogen-bond acceptors (Lipinski definition) is 3. The van der Waals surface area contributed by atoms with Gasteiger partial charge in [-0.15, -0.1) is 0 Å². The van der Waals surface area contributed by atoms with E-state index in [1.54, 1.807) is 13.8 Å². The van der Waals surface area contributed by atoms with Crippen LogP contribution < -0.4 is 0 Å². The molecule has 1 heterocycles. The summed E-state index contributed by atoms with van der Waals surface area (Å²) in [6.07, 6.45) is 0.818. The molecule has 2 N–H and O–H groups in total. The van der Waals surface area contributed by atoms with Crippen molar-refractivity contribution < 1.29 is 14.9 Å². The summed E-state index contributed by atoms with van der Waals surface area (Å²) >= 11 is 0. The number of hydrogen-bond donors (Lipinski definition) is 2. The van der Waals surface area contributed by atoms with Gasteiger partial charge in [-0.25, -0.2) is 0 Å². The van der Waals surface area contributed by atoms with E-state index in [1.165, 1.54) is 0 Å². The summed E-state index contributed by atoms with van der Waals surface area (Å²) in [6.45, 7) is 8.40. The van der Waals surface area contributed by atoms with Crippen molar-refractivity contribution in [1.29, 1.82) is 0 Å². The molecule has 1 aliphatic rings. The standard InChI is InChI=1S/C11H22O3/c1-10(2,12)8-5-6-14-7-9(8)11(3,4)13/h8-9,12-13H,5-7H2,1-4H3/t8?,9-/m1/s1. The molecule has 1 saturated heterocycles. The highest BCUT2D eigenvalue weighted by Gasteiger charge is 2.43. The van der Waals surface area contributed by atoms with Gasteiger partial charge in [-0.3, -0.25) is 0 Å². The summed E-state index contributed by atoms with van der Waals surface area (Å²) in [5, 5.41) is 20.0. The third kappa shape index (κ3) is 2.69. The molecular weight excluding hydrogens is 180 g/mol. The number of rotatable bonds is 2. The Kier molecular flexibility index (Phi) is 3.24. The lowest BCUT2D eigenvalue weighted by Crippen LogP contribution is -2.50. The Hall–Kier alpha value is -0.120. The smallest absolute Gasteiger partial charge is 0.0645 e. The lowest BCUT2D eigenvalue weighted by atomic mass is 9.71. The van der Waals surface area contributed by atoms with Gasteiger partial charge in [0.1, 0.15) is 0 Å². The summed E-state index contributed by atoms with van der Waals surface area (Å²) in [5.41, 5.74) is -1.53. The van der Waals surface area contributed by atoms with Gasteiger partial charge in [0, 0.05) is 12.5 Å². The molecular formula is C11H22O3. The Labute approximate surface area is 86.1 Å². The molecule has 0 aliphatic carbocycles. The molecule has 0 saturated carbocycles. The van der Waals surface area contributed by atoms with Crippen LogP contribution in [0.15, 0.2) is 0 Å². The van der Waals surface area contributed by atoms with Crippen LogP contribution in [0.4, 0.5) is 0 Å². The topological polar surface area (TPSA) is 49.7 Å². The van der Waals surface area contributed by atoms with E-state index in [0.29, 0.717) is 13.2 Å². The van der Waals surface area contributed by atoms with Gasteiger partial charge >= 0.3 is 0 Å². The quantitative estimate of drug-likeness (QED) is 0.707. The van der Waals surface area contributed by atoms with Crippen LogP contribution in [-0.4, -0.2) is 34.6 Å². The molecule has 0 spiro atoms. The molecule has 1 rings (SSSR count). The monoisotopic (exact) mass is 202 g/mol. The second-order valence-corrected chi connectivity index (χ2v) is 5.38. The minimum absolute atomic E-state index is 0.0104. The largest absolute Gasteiger partial charge is 0.390 e. The van der Waals surface area contributed by atoms with Crippen molar-refractivity contribution in [3.8, 4) is 0 Å². The molecule has 0 aromatic carbocycles. The Bertz CT molecular complexity index is 166. The molecule has 3 nitrogen and oxygen atoms in total. The predicted octanol–water partition coefficient (Wildman–Crippen LogP) is 1.18. The fraction of sp³-hybridized carbons (Fsp3) is 1.00. The van der Waals surface area contributed by atoms with Gasteiger partial charge < -0.3 is 14.9 Å². The normalized spacial score (nSPS) is 30.4. The first kappa shape index (κ1) is 12.0. The molecule has 0 bridgehead atoms. The average molecular weight is 202 g/mol. The van der Waals surface area contributed by atoms with Crippen molar-refractivity contribution in [2.24, 2.45) is 11.8 Å². The van der Waals surface area contributed by atoms with Gasteiger partial charge in [0.15, 0.2) is 0 Å². The minimum atomic E-state index is -0.787. The van der Waals surface area contributed by atoms with Crippen molar-refractivity contribution in [3.05, 3.63) is 0 Å². The molecule has 84 valence electrons. The maximum atomic E-state index is 10.0. The van der Waals surface area contributed by atoms with Crippen molar-refractivity contribution in [3.63, 3.8) is 0 Å². The highest BCUT2D eigenvalue weighted by atomic mass is 16.5. The fourth-order valence-electron chi connectivity index (χ4n) is 2.28. The Morgan fingerprint density at radius 2 is 1.50 bits per heavy atom. The molecule has 2 atom stereocenters. The molecule has 0 amide bonds. The first-order valence-corrected chi connectivity index (χ1v) is 5.25. The third-order valence-corrected chi connectivity index (χ3v) is 3.17. The van der Waals surface area contributed by atoms with E-state index < -0.39 is 11.2 Å². The van der Waals surface area contributed by atoms with Crippen LogP contribution in [0.2, 0.25) is 0 Å². The summed E-state index contributed by atoms with van der Waals surface area (Å²) in [7, 11) is 0. The first-order chi connectivity index (χ1) is 6.23. The van der Waals surface area contributed by atoms with E-state index in [2.05, 4.69) is 0 Å². The van der Waals surface area contributed by atoms with E-state index in [-0.39, 0.29) is 11.8 Å². The molecule has 1 aliphatic heterocycles. The average Bonchev–Trinajstić information content (AvgIpc) is 2.01. The highest BCUT2D eigenvalue weighted by Crippen LogP contribution is 2.37. The highest BCUT2D eigenvalue weighted by molar-refractivity contribution is 4.92. The Morgan fingerprint density at radius 3 is 1.86 bits per heavy atom. The summed E-state index contributed by atoms with van der Waals surface area (Å²) < 4.78 is 5.36. The molecule has 3 heteroatoms. The molecule has 14 heavy (non-hydrogen) atoms. The number of aliphatic hydroxyl groups is 2. The van der Waals surface area contributed by atoms with E-state index in [9.17, 15) is 10.2 Å². The summed E-state index contributed by atoms with van der Waals surface area (Å²) in [6, 6.07) is 0. The van der Waals surface area contributed by atoms with Crippen LogP contribution >= 0.6 is 0 Å². The summed E-state index contributed by atoms with van der Waals surface area (Å²) in [5.74, 6) is 0.118. The summed E-state index contributed by atoms with van der Waals surface area (Å²) in [4.78, 5) is 0. The lowest BCUT2D eigenvalue weighted by Gasteiger charge is -2.44. The van der Waals surface area contributed by atoms with E-state index >= 15 is 0 Å². The zero-order valence-corrected chi connectivity index (χ0v) is 9.58. The third-order valence-electron chi connectivity index (χ3n) is 3.17. The van der Waals surface area contributed by atoms with Crippen molar-refractivity contribution in [2.75, 3.05) is 13.2 Å². The van der Waals surface area contributed by atoms with E-state index in [0.717, 1.165) is 6.42 Å². The molecule has 0 aromatic rings. The van der Waals surface area contributed by atoms with Crippen LogP contribution in [0.5, 0.6) is 0 Å². The second-order valence-electron chi connectivity index (χ2n) is 5.38.